The van der Waals surface area contributed by atoms with Crippen LogP contribution in [0.5, 0.6) is 0 Å². The summed E-state index contributed by atoms with van der Waals surface area (Å²) < 4.78 is 0. The summed E-state index contributed by atoms with van der Waals surface area (Å²) in [6.45, 7) is 9.31. The third kappa shape index (κ3) is 4.77. The number of nitrogens with zero attached hydrogens (tertiary/aromatic N) is 2. The summed E-state index contributed by atoms with van der Waals surface area (Å²) >= 11 is 6.32. The largest absolute Gasteiger partial charge is 0.342 e. The van der Waals surface area contributed by atoms with Crippen molar-refractivity contribution < 1.29 is 9.59 Å². The van der Waals surface area contributed by atoms with Gasteiger partial charge in [-0.3, -0.25) is 14.5 Å². The molecule has 2 aliphatic heterocycles. The molecule has 2 saturated heterocycles. The van der Waals surface area contributed by atoms with E-state index >= 15 is 0 Å². The lowest BCUT2D eigenvalue weighted by molar-refractivity contribution is -0.161. The fraction of sp³-hybridized carbons (Fsp3) is 0.652. The predicted octanol–water partition coefficient (Wildman–Crippen LogP) is 3.85. The van der Waals surface area contributed by atoms with Gasteiger partial charge in [-0.05, 0) is 43.2 Å². The quantitative estimate of drug-likeness (QED) is 0.730. The maximum absolute atomic E-state index is 13.3. The number of carbonyl (C=O) groups is 2. The van der Waals surface area contributed by atoms with Gasteiger partial charge < -0.3 is 10.2 Å². The van der Waals surface area contributed by atoms with Crippen LogP contribution in [0.25, 0.3) is 0 Å². The molecule has 1 aromatic rings. The number of carbonyl (C=O) groups excluding carboxylic acids is 2. The van der Waals surface area contributed by atoms with E-state index in [0.717, 1.165) is 43.1 Å². The highest BCUT2D eigenvalue weighted by Crippen LogP contribution is 2.35. The fourth-order valence-electron chi connectivity index (χ4n) is 4.59. The van der Waals surface area contributed by atoms with Crippen molar-refractivity contribution in [2.24, 2.45) is 5.92 Å². The van der Waals surface area contributed by atoms with Gasteiger partial charge in [-0.1, -0.05) is 57.0 Å². The first-order valence-corrected chi connectivity index (χ1v) is 11.3. The van der Waals surface area contributed by atoms with E-state index in [9.17, 15) is 9.59 Å². The molecule has 3 rings (SSSR count). The molecule has 6 heteroatoms. The second-order valence-electron chi connectivity index (χ2n) is 8.90. The van der Waals surface area contributed by atoms with E-state index in [-0.39, 0.29) is 17.9 Å². The molecule has 0 bridgehead atoms. The Hall–Kier alpha value is -1.59. The van der Waals surface area contributed by atoms with Gasteiger partial charge in [0.05, 0.1) is 0 Å². The minimum atomic E-state index is -0.698. The molecule has 1 atom stereocenters. The average molecular weight is 420 g/mol. The molecule has 1 aromatic carbocycles. The van der Waals surface area contributed by atoms with Crippen LogP contribution in [-0.2, 0) is 16.1 Å². The number of nitrogens with one attached hydrogen (secondary N) is 1. The number of hydrogen-bond acceptors (Lipinski definition) is 3. The zero-order valence-electron chi connectivity index (χ0n) is 17.9. The lowest BCUT2D eigenvalue weighted by Gasteiger charge is -2.52. The summed E-state index contributed by atoms with van der Waals surface area (Å²) in [5.41, 5.74) is 0.408. The van der Waals surface area contributed by atoms with Crippen molar-refractivity contribution >= 4 is 23.4 Å². The molecule has 0 radical (unpaired) electrons. The highest BCUT2D eigenvalue weighted by Gasteiger charge is 2.53. The van der Waals surface area contributed by atoms with Crippen LogP contribution in [0, 0.1) is 5.92 Å². The summed E-state index contributed by atoms with van der Waals surface area (Å²) in [6, 6.07) is 7.52. The van der Waals surface area contributed by atoms with Crippen LogP contribution in [0.2, 0.25) is 5.02 Å². The number of likely N-dealkylation sites (tertiary alicyclic amines) is 1. The van der Waals surface area contributed by atoms with Gasteiger partial charge in [0.25, 0.3) is 0 Å². The first-order chi connectivity index (χ1) is 13.9. The number of piperidine rings is 1. The van der Waals surface area contributed by atoms with Crippen LogP contribution in [0.15, 0.2) is 24.3 Å². The van der Waals surface area contributed by atoms with E-state index in [1.807, 2.05) is 29.2 Å². The van der Waals surface area contributed by atoms with Crippen molar-refractivity contribution in [1.29, 1.82) is 0 Å². The van der Waals surface area contributed by atoms with E-state index in [1.165, 1.54) is 0 Å². The average Bonchev–Trinajstić information content (AvgIpc) is 2.69. The first kappa shape index (κ1) is 22.1. The van der Waals surface area contributed by atoms with E-state index in [4.69, 9.17) is 11.6 Å². The predicted molar refractivity (Wildman–Crippen MR) is 117 cm³/mol. The van der Waals surface area contributed by atoms with Crippen molar-refractivity contribution in [3.8, 4) is 0 Å². The van der Waals surface area contributed by atoms with Gasteiger partial charge in [-0.2, -0.15) is 0 Å². The van der Waals surface area contributed by atoms with Crippen molar-refractivity contribution in [3.63, 3.8) is 0 Å². The zero-order chi connectivity index (χ0) is 21.0. The number of benzene rings is 1. The topological polar surface area (TPSA) is 52.7 Å². The molecule has 1 N–H and O–H groups in total. The molecule has 2 fully saturated rings. The number of halogens is 1. The standard InChI is InChI=1S/C23H34ClN3O2/c1-4-5-12-27-21(28)20(15-17(2)3)25-22(29)23(27)10-13-26(14-11-23)16-18-8-6-7-9-19(18)24/h6-9,17,20H,4-5,10-16H2,1-3H3,(H,25,29)/t20-/m0/s1. The Morgan fingerprint density at radius 2 is 1.90 bits per heavy atom. The Kier molecular flexibility index (Phi) is 7.23. The summed E-state index contributed by atoms with van der Waals surface area (Å²) in [4.78, 5) is 30.8. The summed E-state index contributed by atoms with van der Waals surface area (Å²) in [7, 11) is 0. The second-order valence-corrected chi connectivity index (χ2v) is 9.31. The number of piperazine rings is 1. The SMILES string of the molecule is CCCCN1C(=O)[C@H](CC(C)C)NC(=O)C12CCN(Cc1ccccc1Cl)CC2. The third-order valence-electron chi connectivity index (χ3n) is 6.29. The molecule has 2 aliphatic rings. The fourth-order valence-corrected chi connectivity index (χ4v) is 4.79. The molecule has 0 unspecified atom stereocenters. The van der Waals surface area contributed by atoms with Crippen LogP contribution in [-0.4, -0.2) is 52.8 Å². The molecule has 0 aliphatic carbocycles. The number of rotatable bonds is 7. The lowest BCUT2D eigenvalue weighted by atomic mass is 9.80. The van der Waals surface area contributed by atoms with Crippen LogP contribution in [0.1, 0.15) is 58.4 Å². The molecular formula is C23H34ClN3O2. The highest BCUT2D eigenvalue weighted by atomic mass is 35.5. The first-order valence-electron chi connectivity index (χ1n) is 11.0. The van der Waals surface area contributed by atoms with Gasteiger partial charge in [0.2, 0.25) is 11.8 Å². The molecule has 0 aromatic heterocycles. The van der Waals surface area contributed by atoms with Crippen LogP contribution in [0.3, 0.4) is 0 Å². The molecule has 160 valence electrons. The van der Waals surface area contributed by atoms with Crippen molar-refractivity contribution in [2.45, 2.75) is 71.0 Å². The van der Waals surface area contributed by atoms with Crippen LogP contribution in [0.4, 0.5) is 0 Å². The minimum absolute atomic E-state index is 0.0382. The minimum Gasteiger partial charge on any atom is -0.342 e. The number of hydrogen-bond donors (Lipinski definition) is 1. The zero-order valence-corrected chi connectivity index (χ0v) is 18.7. The van der Waals surface area contributed by atoms with E-state index in [2.05, 4.69) is 31.0 Å². The normalized spacial score (nSPS) is 22.4. The van der Waals surface area contributed by atoms with Crippen molar-refractivity contribution in [3.05, 3.63) is 34.9 Å². The Labute approximate surface area is 179 Å². The highest BCUT2D eigenvalue weighted by molar-refractivity contribution is 6.31. The molecular weight excluding hydrogens is 386 g/mol. The molecule has 1 spiro atoms. The van der Waals surface area contributed by atoms with Gasteiger partial charge in [-0.15, -0.1) is 0 Å². The van der Waals surface area contributed by atoms with Gasteiger partial charge in [-0.25, -0.2) is 0 Å². The van der Waals surface area contributed by atoms with Crippen LogP contribution < -0.4 is 5.32 Å². The summed E-state index contributed by atoms with van der Waals surface area (Å²) in [5, 5.41) is 3.85. The smallest absolute Gasteiger partial charge is 0.246 e. The monoisotopic (exact) mass is 419 g/mol. The number of amides is 2. The van der Waals surface area contributed by atoms with E-state index in [0.29, 0.717) is 31.7 Å². The molecule has 2 amide bonds. The van der Waals surface area contributed by atoms with Gasteiger partial charge in [0.1, 0.15) is 11.6 Å². The van der Waals surface area contributed by atoms with Gasteiger partial charge in [0.15, 0.2) is 0 Å². The van der Waals surface area contributed by atoms with Gasteiger partial charge >= 0.3 is 0 Å². The maximum atomic E-state index is 13.3. The Morgan fingerprint density at radius 3 is 2.52 bits per heavy atom. The van der Waals surface area contributed by atoms with Gasteiger partial charge in [0, 0.05) is 31.2 Å². The second kappa shape index (κ2) is 9.48. The maximum Gasteiger partial charge on any atom is 0.246 e. The van der Waals surface area contributed by atoms with E-state index in [1.54, 1.807) is 0 Å². The molecule has 5 nitrogen and oxygen atoms in total. The number of unbranched alkanes of at least 4 members (excludes halogenated alkanes) is 1. The Bertz CT molecular complexity index is 729. The van der Waals surface area contributed by atoms with Crippen molar-refractivity contribution in [1.82, 2.24) is 15.1 Å². The molecule has 0 saturated carbocycles. The van der Waals surface area contributed by atoms with Crippen molar-refractivity contribution in [2.75, 3.05) is 19.6 Å². The molecule has 29 heavy (non-hydrogen) atoms. The third-order valence-corrected chi connectivity index (χ3v) is 6.65. The Balaban J connectivity index is 1.74. The summed E-state index contributed by atoms with van der Waals surface area (Å²) in [6.07, 6.45) is 3.98. The lowest BCUT2D eigenvalue weighted by Crippen LogP contribution is -2.73. The van der Waals surface area contributed by atoms with Crippen LogP contribution >= 0.6 is 11.6 Å². The Morgan fingerprint density at radius 1 is 1.21 bits per heavy atom. The summed E-state index contributed by atoms with van der Waals surface area (Å²) in [5.74, 6) is 0.506. The molecule has 2 heterocycles. The van der Waals surface area contributed by atoms with E-state index < -0.39 is 5.54 Å².